The first-order valence-electron chi connectivity index (χ1n) is 7.44. The van der Waals surface area contributed by atoms with Crippen LogP contribution < -0.4 is 10.1 Å². The van der Waals surface area contributed by atoms with Crippen molar-refractivity contribution in [2.45, 2.75) is 13.0 Å². The lowest BCUT2D eigenvalue weighted by Crippen LogP contribution is -2.25. The van der Waals surface area contributed by atoms with E-state index < -0.39 is 0 Å². The van der Waals surface area contributed by atoms with Crippen molar-refractivity contribution in [3.63, 3.8) is 0 Å². The van der Waals surface area contributed by atoms with E-state index in [9.17, 15) is 9.18 Å². The fraction of sp³-hybridized carbons (Fsp3) is 0.278. The molecule has 1 amide bonds. The van der Waals surface area contributed by atoms with Gasteiger partial charge in [0.1, 0.15) is 18.2 Å². The van der Waals surface area contributed by atoms with Gasteiger partial charge in [0.15, 0.2) is 0 Å². The number of methoxy groups -OCH3 is 1. The number of ether oxygens (including phenoxy) is 2. The van der Waals surface area contributed by atoms with Crippen molar-refractivity contribution >= 4 is 5.91 Å². The molecule has 0 spiro atoms. The highest BCUT2D eigenvalue weighted by Crippen LogP contribution is 2.16. The predicted molar refractivity (Wildman–Crippen MR) is 86.0 cm³/mol. The fourth-order valence-corrected chi connectivity index (χ4v) is 2.02. The Kier molecular flexibility index (Phi) is 6.56. The van der Waals surface area contributed by atoms with E-state index in [-0.39, 0.29) is 18.3 Å². The van der Waals surface area contributed by atoms with Gasteiger partial charge in [-0.25, -0.2) is 4.39 Å². The zero-order chi connectivity index (χ0) is 16.5. The van der Waals surface area contributed by atoms with E-state index >= 15 is 0 Å². The molecular weight excluding hydrogens is 297 g/mol. The zero-order valence-electron chi connectivity index (χ0n) is 13.0. The monoisotopic (exact) mass is 317 g/mol. The van der Waals surface area contributed by atoms with E-state index in [0.717, 1.165) is 6.42 Å². The maximum atomic E-state index is 13.5. The largest absolute Gasteiger partial charge is 0.489 e. The van der Waals surface area contributed by atoms with Crippen LogP contribution in [0.25, 0.3) is 0 Å². The van der Waals surface area contributed by atoms with Gasteiger partial charge in [0, 0.05) is 31.4 Å². The van der Waals surface area contributed by atoms with Gasteiger partial charge in [-0.2, -0.15) is 0 Å². The smallest absolute Gasteiger partial charge is 0.251 e. The minimum atomic E-state index is -0.306. The molecule has 122 valence electrons. The Bertz CT molecular complexity index is 646. The van der Waals surface area contributed by atoms with Gasteiger partial charge in [-0.05, 0) is 30.7 Å². The Morgan fingerprint density at radius 2 is 2.00 bits per heavy atom. The second-order valence-electron chi connectivity index (χ2n) is 5.01. The van der Waals surface area contributed by atoms with Gasteiger partial charge >= 0.3 is 0 Å². The molecule has 0 heterocycles. The topological polar surface area (TPSA) is 47.6 Å². The number of halogens is 1. The molecule has 4 nitrogen and oxygen atoms in total. The van der Waals surface area contributed by atoms with Gasteiger partial charge in [0.05, 0.1) is 0 Å². The molecule has 23 heavy (non-hydrogen) atoms. The Morgan fingerprint density at radius 1 is 1.17 bits per heavy atom. The summed E-state index contributed by atoms with van der Waals surface area (Å²) in [6.45, 7) is 1.27. The Morgan fingerprint density at radius 3 is 2.78 bits per heavy atom. The van der Waals surface area contributed by atoms with Gasteiger partial charge in [-0.15, -0.1) is 0 Å². The standard InChI is InChI=1S/C18H20FNO3/c1-22-11-5-10-20-18(21)14-7-4-8-16(12-14)23-13-15-6-2-3-9-17(15)19/h2-4,6-9,12H,5,10-11,13H2,1H3,(H,20,21). The summed E-state index contributed by atoms with van der Waals surface area (Å²) in [5.41, 5.74) is 0.982. The second-order valence-corrected chi connectivity index (χ2v) is 5.01. The molecule has 1 N–H and O–H groups in total. The van der Waals surface area contributed by atoms with Crippen molar-refractivity contribution in [1.82, 2.24) is 5.32 Å². The van der Waals surface area contributed by atoms with Crippen LogP contribution in [0.4, 0.5) is 4.39 Å². The number of carbonyl (C=O) groups excluding carboxylic acids is 1. The highest BCUT2D eigenvalue weighted by Gasteiger charge is 2.07. The molecule has 0 saturated carbocycles. The average molecular weight is 317 g/mol. The minimum absolute atomic E-state index is 0.117. The van der Waals surface area contributed by atoms with Crippen LogP contribution in [0.5, 0.6) is 5.75 Å². The number of carbonyl (C=O) groups is 1. The quantitative estimate of drug-likeness (QED) is 0.761. The summed E-state index contributed by atoms with van der Waals surface area (Å²) < 4.78 is 24.0. The molecule has 0 aliphatic rings. The van der Waals surface area contributed by atoms with Crippen LogP contribution in [-0.4, -0.2) is 26.2 Å². The molecule has 0 bridgehead atoms. The van der Waals surface area contributed by atoms with Crippen LogP contribution in [0.1, 0.15) is 22.3 Å². The van der Waals surface area contributed by atoms with Crippen molar-refractivity contribution in [3.8, 4) is 5.75 Å². The van der Waals surface area contributed by atoms with Gasteiger partial charge in [0.25, 0.3) is 5.91 Å². The first-order valence-corrected chi connectivity index (χ1v) is 7.44. The molecule has 0 aliphatic carbocycles. The van der Waals surface area contributed by atoms with Gasteiger partial charge in [-0.1, -0.05) is 24.3 Å². The van der Waals surface area contributed by atoms with Gasteiger partial charge < -0.3 is 14.8 Å². The number of amides is 1. The summed E-state index contributed by atoms with van der Waals surface area (Å²) in [6.07, 6.45) is 0.756. The summed E-state index contributed by atoms with van der Waals surface area (Å²) in [5, 5.41) is 2.81. The SMILES string of the molecule is COCCCNC(=O)c1cccc(OCc2ccccc2F)c1. The summed E-state index contributed by atoms with van der Waals surface area (Å²) >= 11 is 0. The molecule has 0 unspecified atom stereocenters. The zero-order valence-corrected chi connectivity index (χ0v) is 13.0. The van der Waals surface area contributed by atoms with Crippen LogP contribution in [0, 0.1) is 5.82 Å². The van der Waals surface area contributed by atoms with Crippen molar-refractivity contribution in [3.05, 3.63) is 65.5 Å². The molecule has 0 atom stereocenters. The van der Waals surface area contributed by atoms with E-state index in [2.05, 4.69) is 5.32 Å². The molecule has 0 aliphatic heterocycles. The third-order valence-corrected chi connectivity index (χ3v) is 3.26. The molecule has 2 aromatic rings. The minimum Gasteiger partial charge on any atom is -0.489 e. The fourth-order valence-electron chi connectivity index (χ4n) is 2.02. The lowest BCUT2D eigenvalue weighted by molar-refractivity contribution is 0.0948. The van der Waals surface area contributed by atoms with Crippen LogP contribution in [0.2, 0.25) is 0 Å². The number of nitrogens with one attached hydrogen (secondary N) is 1. The highest BCUT2D eigenvalue weighted by atomic mass is 19.1. The van der Waals surface area contributed by atoms with E-state index in [1.165, 1.54) is 6.07 Å². The lowest BCUT2D eigenvalue weighted by Gasteiger charge is -2.09. The van der Waals surface area contributed by atoms with Crippen LogP contribution in [0.3, 0.4) is 0 Å². The van der Waals surface area contributed by atoms with Crippen molar-refractivity contribution < 1.29 is 18.7 Å². The summed E-state index contributed by atoms with van der Waals surface area (Å²) in [6, 6.07) is 13.3. The Hall–Kier alpha value is -2.40. The predicted octanol–water partition coefficient (Wildman–Crippen LogP) is 3.17. The van der Waals surface area contributed by atoms with Crippen molar-refractivity contribution in [2.75, 3.05) is 20.3 Å². The number of benzene rings is 2. The second kappa shape index (κ2) is 8.90. The van der Waals surface area contributed by atoms with Crippen molar-refractivity contribution in [1.29, 1.82) is 0 Å². The van der Waals surface area contributed by atoms with E-state index in [0.29, 0.717) is 30.0 Å². The number of hydrogen-bond acceptors (Lipinski definition) is 3. The van der Waals surface area contributed by atoms with E-state index in [4.69, 9.17) is 9.47 Å². The molecule has 2 aromatic carbocycles. The molecular formula is C18H20FNO3. The van der Waals surface area contributed by atoms with E-state index in [1.54, 1.807) is 49.6 Å². The molecule has 2 rings (SSSR count). The van der Waals surface area contributed by atoms with Crippen molar-refractivity contribution in [2.24, 2.45) is 0 Å². The summed E-state index contributed by atoms with van der Waals surface area (Å²) in [7, 11) is 1.62. The van der Waals surface area contributed by atoms with E-state index in [1.807, 2.05) is 0 Å². The first-order chi connectivity index (χ1) is 11.2. The third-order valence-electron chi connectivity index (χ3n) is 3.26. The highest BCUT2D eigenvalue weighted by molar-refractivity contribution is 5.94. The molecule has 0 saturated heterocycles. The van der Waals surface area contributed by atoms with Gasteiger partial charge in [0.2, 0.25) is 0 Å². The number of hydrogen-bond donors (Lipinski definition) is 1. The molecule has 0 aromatic heterocycles. The number of rotatable bonds is 8. The normalized spacial score (nSPS) is 10.3. The van der Waals surface area contributed by atoms with Crippen LogP contribution >= 0.6 is 0 Å². The molecule has 0 fully saturated rings. The van der Waals surface area contributed by atoms with Gasteiger partial charge in [-0.3, -0.25) is 4.79 Å². The molecule has 5 heteroatoms. The Balaban J connectivity index is 1.91. The first kappa shape index (κ1) is 17.0. The Labute approximate surface area is 135 Å². The summed E-state index contributed by atoms with van der Waals surface area (Å²) in [4.78, 5) is 12.0. The average Bonchev–Trinajstić information content (AvgIpc) is 2.58. The maximum Gasteiger partial charge on any atom is 0.251 e. The summed E-state index contributed by atoms with van der Waals surface area (Å²) in [5.74, 6) is 0.0507. The van der Waals surface area contributed by atoms with Crippen LogP contribution in [0.15, 0.2) is 48.5 Å². The third kappa shape index (κ3) is 5.38. The maximum absolute atomic E-state index is 13.5. The molecule has 0 radical (unpaired) electrons. The van der Waals surface area contributed by atoms with Crippen LogP contribution in [-0.2, 0) is 11.3 Å². The lowest BCUT2D eigenvalue weighted by atomic mass is 10.2.